The SMILES string of the molecule is Cc1cc2c(N)nccc2c(C)c1CNC(=O)c1cnn(C(CNC(=O)OC(C)(C)C)c2ccccc2)c1. The van der Waals surface area contributed by atoms with Gasteiger partial charge in [0.2, 0.25) is 0 Å². The van der Waals surface area contributed by atoms with Crippen molar-refractivity contribution in [3.8, 4) is 0 Å². The Morgan fingerprint density at radius 3 is 2.53 bits per heavy atom. The van der Waals surface area contributed by atoms with E-state index in [9.17, 15) is 9.59 Å². The first-order valence-electron chi connectivity index (χ1n) is 12.5. The highest BCUT2D eigenvalue weighted by Crippen LogP contribution is 2.28. The number of nitrogens with one attached hydrogen (secondary N) is 2. The molecule has 9 heteroatoms. The first kappa shape index (κ1) is 26.7. The first-order valence-corrected chi connectivity index (χ1v) is 12.5. The van der Waals surface area contributed by atoms with Crippen LogP contribution in [0.1, 0.15) is 59.4 Å². The van der Waals surface area contributed by atoms with Gasteiger partial charge >= 0.3 is 6.09 Å². The van der Waals surface area contributed by atoms with Crippen LogP contribution in [0.3, 0.4) is 0 Å². The molecule has 38 heavy (non-hydrogen) atoms. The number of nitrogen functional groups attached to an aromatic ring is 1. The molecule has 2 heterocycles. The van der Waals surface area contributed by atoms with Crippen molar-refractivity contribution in [3.05, 3.63) is 88.9 Å². The van der Waals surface area contributed by atoms with Crippen molar-refractivity contribution >= 4 is 28.6 Å². The summed E-state index contributed by atoms with van der Waals surface area (Å²) in [5.41, 5.74) is 9.94. The molecule has 0 fully saturated rings. The van der Waals surface area contributed by atoms with Gasteiger partial charge < -0.3 is 21.1 Å². The fourth-order valence-corrected chi connectivity index (χ4v) is 4.43. The second-order valence-corrected chi connectivity index (χ2v) is 10.3. The zero-order valence-electron chi connectivity index (χ0n) is 22.4. The average Bonchev–Trinajstić information content (AvgIpc) is 3.34. The summed E-state index contributed by atoms with van der Waals surface area (Å²) in [7, 11) is 0. The number of carbonyl (C=O) groups excluding carboxylic acids is 2. The number of aromatic nitrogens is 3. The lowest BCUT2D eigenvalue weighted by atomic mass is 9.96. The lowest BCUT2D eigenvalue weighted by Gasteiger charge is -2.22. The number of pyridine rings is 1. The monoisotopic (exact) mass is 514 g/mol. The Kier molecular flexibility index (Phi) is 7.66. The summed E-state index contributed by atoms with van der Waals surface area (Å²) in [4.78, 5) is 29.5. The number of alkyl carbamates (subject to hydrolysis) is 1. The van der Waals surface area contributed by atoms with Gasteiger partial charge in [-0.1, -0.05) is 30.3 Å². The molecule has 0 bridgehead atoms. The van der Waals surface area contributed by atoms with Gasteiger partial charge in [0.15, 0.2) is 0 Å². The quantitative estimate of drug-likeness (QED) is 0.329. The molecule has 0 saturated heterocycles. The highest BCUT2D eigenvalue weighted by molar-refractivity contribution is 5.95. The van der Waals surface area contributed by atoms with Crippen molar-refractivity contribution in [2.45, 2.75) is 52.8 Å². The maximum Gasteiger partial charge on any atom is 0.407 e. The molecule has 0 saturated carbocycles. The molecule has 0 radical (unpaired) electrons. The summed E-state index contributed by atoms with van der Waals surface area (Å²) in [5.74, 6) is 0.252. The van der Waals surface area contributed by atoms with E-state index in [0.29, 0.717) is 17.9 Å². The van der Waals surface area contributed by atoms with E-state index in [1.54, 1.807) is 17.1 Å². The largest absolute Gasteiger partial charge is 0.444 e. The predicted molar refractivity (Wildman–Crippen MR) is 148 cm³/mol. The Bertz CT molecular complexity index is 1460. The van der Waals surface area contributed by atoms with Gasteiger partial charge in [0.1, 0.15) is 11.4 Å². The maximum absolute atomic E-state index is 13.1. The number of aryl methyl sites for hydroxylation is 2. The molecule has 0 aliphatic carbocycles. The molecule has 1 unspecified atom stereocenters. The van der Waals surface area contributed by atoms with E-state index < -0.39 is 11.7 Å². The van der Waals surface area contributed by atoms with Crippen molar-refractivity contribution in [1.82, 2.24) is 25.4 Å². The van der Waals surface area contributed by atoms with E-state index in [-0.39, 0.29) is 18.5 Å². The van der Waals surface area contributed by atoms with E-state index in [2.05, 4.69) is 20.7 Å². The van der Waals surface area contributed by atoms with Crippen LogP contribution in [0, 0.1) is 13.8 Å². The molecule has 2 aromatic heterocycles. The number of benzene rings is 2. The number of hydrogen-bond acceptors (Lipinski definition) is 6. The van der Waals surface area contributed by atoms with E-state index >= 15 is 0 Å². The van der Waals surface area contributed by atoms with Gasteiger partial charge in [0.05, 0.1) is 17.8 Å². The lowest BCUT2D eigenvalue weighted by molar-refractivity contribution is 0.0522. The van der Waals surface area contributed by atoms with Gasteiger partial charge in [0, 0.05) is 30.9 Å². The number of ether oxygens (including phenoxy) is 1. The zero-order chi connectivity index (χ0) is 27.4. The molecule has 4 N–H and O–H groups in total. The average molecular weight is 515 g/mol. The minimum Gasteiger partial charge on any atom is -0.444 e. The third-order valence-electron chi connectivity index (χ3n) is 6.35. The van der Waals surface area contributed by atoms with Crippen molar-refractivity contribution in [3.63, 3.8) is 0 Å². The molecule has 2 amide bonds. The molecular weight excluding hydrogens is 480 g/mol. The summed E-state index contributed by atoms with van der Waals surface area (Å²) in [5, 5.41) is 12.2. The van der Waals surface area contributed by atoms with E-state index in [4.69, 9.17) is 10.5 Å². The van der Waals surface area contributed by atoms with Crippen LogP contribution in [-0.4, -0.2) is 38.9 Å². The molecule has 1 atom stereocenters. The lowest BCUT2D eigenvalue weighted by Crippen LogP contribution is -2.36. The molecule has 4 aromatic rings. The van der Waals surface area contributed by atoms with E-state index in [1.807, 2.05) is 77.1 Å². The minimum atomic E-state index is -0.603. The zero-order valence-corrected chi connectivity index (χ0v) is 22.4. The number of rotatable bonds is 7. The van der Waals surface area contributed by atoms with Gasteiger partial charge in [-0.2, -0.15) is 5.10 Å². The van der Waals surface area contributed by atoms with Crippen molar-refractivity contribution in [2.75, 3.05) is 12.3 Å². The Labute approximate surface area is 222 Å². The van der Waals surface area contributed by atoms with E-state index in [0.717, 1.165) is 33.0 Å². The maximum atomic E-state index is 13.1. The number of fused-ring (bicyclic) bond motifs is 1. The standard InChI is InChI=1S/C29H34N6O3/c1-18-13-23-22(11-12-31-26(23)30)19(2)24(18)15-32-27(36)21-14-34-35(17-21)25(20-9-7-6-8-10-20)16-33-28(37)38-29(3,4)5/h6-14,17,25H,15-16H2,1-5H3,(H2,30,31)(H,32,36)(H,33,37). The van der Waals surface area contributed by atoms with E-state index in [1.165, 1.54) is 6.20 Å². The molecule has 2 aromatic carbocycles. The second-order valence-electron chi connectivity index (χ2n) is 10.3. The number of nitrogens with two attached hydrogens (primary N) is 1. The third kappa shape index (κ3) is 6.11. The minimum absolute atomic E-state index is 0.240. The smallest absolute Gasteiger partial charge is 0.407 e. The third-order valence-corrected chi connectivity index (χ3v) is 6.35. The van der Waals surface area contributed by atoms with Gasteiger partial charge in [-0.05, 0) is 74.4 Å². The fourth-order valence-electron chi connectivity index (χ4n) is 4.43. The summed E-state index contributed by atoms with van der Waals surface area (Å²) in [6.07, 6.45) is 4.40. The molecule has 4 rings (SSSR count). The van der Waals surface area contributed by atoms with Crippen molar-refractivity contribution in [2.24, 2.45) is 0 Å². The molecule has 198 valence electrons. The fraction of sp³-hybridized carbons (Fsp3) is 0.310. The second kappa shape index (κ2) is 10.9. The Balaban J connectivity index is 1.50. The van der Waals surface area contributed by atoms with Crippen LogP contribution in [0.15, 0.2) is 61.1 Å². The van der Waals surface area contributed by atoms with Gasteiger partial charge in [-0.15, -0.1) is 0 Å². The van der Waals surface area contributed by atoms with Gasteiger partial charge in [0.25, 0.3) is 5.91 Å². The number of carbonyl (C=O) groups is 2. The first-order chi connectivity index (χ1) is 18.0. The van der Waals surface area contributed by atoms with Crippen LogP contribution in [0.25, 0.3) is 10.8 Å². The number of nitrogens with zero attached hydrogens (tertiary/aromatic N) is 3. The van der Waals surface area contributed by atoms with Crippen molar-refractivity contribution < 1.29 is 14.3 Å². The topological polar surface area (TPSA) is 124 Å². The Morgan fingerprint density at radius 2 is 1.82 bits per heavy atom. The summed E-state index contributed by atoms with van der Waals surface area (Å²) in [6, 6.07) is 13.3. The molecule has 0 spiro atoms. The van der Waals surface area contributed by atoms with Crippen LogP contribution >= 0.6 is 0 Å². The molecule has 0 aliphatic rings. The molecular formula is C29H34N6O3. The summed E-state index contributed by atoms with van der Waals surface area (Å²) >= 11 is 0. The number of anilines is 1. The van der Waals surface area contributed by atoms with Crippen molar-refractivity contribution in [1.29, 1.82) is 0 Å². The normalized spacial score (nSPS) is 12.2. The Hall–Kier alpha value is -4.40. The van der Waals surface area contributed by atoms with Gasteiger partial charge in [-0.3, -0.25) is 9.48 Å². The summed E-state index contributed by atoms with van der Waals surface area (Å²) < 4.78 is 7.06. The van der Waals surface area contributed by atoms with Crippen LogP contribution in [0.4, 0.5) is 10.6 Å². The van der Waals surface area contributed by atoms with Crippen LogP contribution < -0.4 is 16.4 Å². The number of hydrogen-bond donors (Lipinski definition) is 3. The number of amides is 2. The summed E-state index contributed by atoms with van der Waals surface area (Å²) in [6.45, 7) is 10.1. The highest BCUT2D eigenvalue weighted by atomic mass is 16.6. The molecule has 9 nitrogen and oxygen atoms in total. The van der Waals surface area contributed by atoms with Crippen LogP contribution in [0.5, 0.6) is 0 Å². The highest BCUT2D eigenvalue weighted by Gasteiger charge is 2.21. The molecule has 0 aliphatic heterocycles. The Morgan fingerprint density at radius 1 is 1.08 bits per heavy atom. The van der Waals surface area contributed by atoms with Crippen LogP contribution in [0.2, 0.25) is 0 Å². The van der Waals surface area contributed by atoms with Crippen LogP contribution in [-0.2, 0) is 11.3 Å². The van der Waals surface area contributed by atoms with Gasteiger partial charge in [-0.25, -0.2) is 9.78 Å². The predicted octanol–water partition coefficient (Wildman–Crippen LogP) is 4.67.